The first-order valence-corrected chi connectivity index (χ1v) is 12.3. The zero-order valence-electron chi connectivity index (χ0n) is 19.7. The van der Waals surface area contributed by atoms with Crippen LogP contribution in [0.15, 0.2) is 121 Å². The fourth-order valence-electron chi connectivity index (χ4n) is 6.25. The van der Waals surface area contributed by atoms with E-state index >= 15 is 0 Å². The van der Waals surface area contributed by atoms with Crippen LogP contribution in [0.4, 0.5) is 0 Å². The quantitative estimate of drug-likeness (QED) is 0.346. The fraction of sp³-hybridized carbons (Fsp3) is 0.0625. The number of fused-ring (bicyclic) bond motifs is 5. The second-order valence-electron chi connectivity index (χ2n) is 9.63. The lowest BCUT2D eigenvalue weighted by Gasteiger charge is -2.36. The van der Waals surface area contributed by atoms with Gasteiger partial charge in [-0.15, -0.1) is 0 Å². The molecule has 0 spiro atoms. The van der Waals surface area contributed by atoms with E-state index in [4.69, 9.17) is 0 Å². The SMILES string of the molecule is OB(O)c1ccc2c(c1)c1cccc3c1n2-c1ccccc1C(c1ccccc1)(c1ccccc1)C3. The van der Waals surface area contributed by atoms with E-state index in [2.05, 4.69) is 108 Å². The third kappa shape index (κ3) is 2.89. The van der Waals surface area contributed by atoms with Crippen LogP contribution in [-0.4, -0.2) is 21.7 Å². The van der Waals surface area contributed by atoms with Gasteiger partial charge in [0.25, 0.3) is 0 Å². The monoisotopic (exact) mass is 465 g/mol. The molecule has 2 heterocycles. The fourth-order valence-corrected chi connectivity index (χ4v) is 6.25. The summed E-state index contributed by atoms with van der Waals surface area (Å²) >= 11 is 0. The summed E-state index contributed by atoms with van der Waals surface area (Å²) in [5.41, 5.74) is 8.56. The molecule has 0 radical (unpaired) electrons. The number of hydrogen-bond acceptors (Lipinski definition) is 2. The number of rotatable bonds is 3. The van der Waals surface area contributed by atoms with Crippen LogP contribution >= 0.6 is 0 Å². The molecule has 0 amide bonds. The zero-order valence-corrected chi connectivity index (χ0v) is 19.7. The van der Waals surface area contributed by atoms with Gasteiger partial charge in [0, 0.05) is 10.8 Å². The Kier molecular flexibility index (Phi) is 4.68. The van der Waals surface area contributed by atoms with Gasteiger partial charge in [0.15, 0.2) is 0 Å². The lowest BCUT2D eigenvalue weighted by molar-refractivity contribution is 0.426. The van der Waals surface area contributed by atoms with Crippen molar-refractivity contribution >= 4 is 34.4 Å². The smallest absolute Gasteiger partial charge is 0.423 e. The van der Waals surface area contributed by atoms with Crippen molar-refractivity contribution in [2.75, 3.05) is 0 Å². The molecule has 6 aromatic rings. The Hall–Kier alpha value is -4.12. The van der Waals surface area contributed by atoms with Gasteiger partial charge >= 0.3 is 7.12 Å². The van der Waals surface area contributed by atoms with Gasteiger partial charge in [0.05, 0.1) is 22.1 Å². The number of aromatic nitrogens is 1. The molecule has 4 heteroatoms. The van der Waals surface area contributed by atoms with Crippen LogP contribution in [0.25, 0.3) is 27.5 Å². The topological polar surface area (TPSA) is 45.4 Å². The number of nitrogens with zero attached hydrogens (tertiary/aromatic N) is 1. The van der Waals surface area contributed by atoms with E-state index in [0.29, 0.717) is 5.46 Å². The van der Waals surface area contributed by atoms with E-state index in [9.17, 15) is 10.0 Å². The van der Waals surface area contributed by atoms with Crippen LogP contribution in [0, 0.1) is 0 Å². The average Bonchev–Trinajstić information content (AvgIpc) is 3.20. The van der Waals surface area contributed by atoms with E-state index in [1.165, 1.54) is 27.8 Å². The van der Waals surface area contributed by atoms with Gasteiger partial charge in [-0.25, -0.2) is 0 Å². The largest absolute Gasteiger partial charge is 0.488 e. The maximum atomic E-state index is 9.86. The highest BCUT2D eigenvalue weighted by atomic mass is 16.4. The third-order valence-electron chi connectivity index (χ3n) is 7.79. The second-order valence-corrected chi connectivity index (χ2v) is 9.63. The summed E-state index contributed by atoms with van der Waals surface area (Å²) in [7, 11) is -1.50. The van der Waals surface area contributed by atoms with E-state index in [0.717, 1.165) is 28.4 Å². The Balaban J connectivity index is 1.66. The van der Waals surface area contributed by atoms with Crippen molar-refractivity contribution in [2.24, 2.45) is 0 Å². The molecule has 0 aliphatic carbocycles. The summed E-state index contributed by atoms with van der Waals surface area (Å²) in [6.45, 7) is 0. The molecule has 0 fully saturated rings. The lowest BCUT2D eigenvalue weighted by Crippen LogP contribution is -2.32. The van der Waals surface area contributed by atoms with Crippen molar-refractivity contribution in [2.45, 2.75) is 11.8 Å². The zero-order chi connectivity index (χ0) is 24.3. The van der Waals surface area contributed by atoms with Crippen molar-refractivity contribution in [3.63, 3.8) is 0 Å². The van der Waals surface area contributed by atoms with Gasteiger partial charge in [-0.05, 0) is 46.3 Å². The molecule has 1 aliphatic rings. The van der Waals surface area contributed by atoms with E-state index < -0.39 is 7.12 Å². The first kappa shape index (κ1) is 21.2. The normalized spacial score (nSPS) is 13.9. The second kappa shape index (κ2) is 7.96. The standard InChI is InChI=1S/C32H24BNO2/c35-33(36)25-18-19-29-27(20-25)26-15-9-10-22-21-32(23-11-3-1-4-12-23,24-13-5-2-6-14-24)28-16-7-8-17-30(28)34(29)31(22)26/h1-20,35-36H,21H2. The predicted molar refractivity (Wildman–Crippen MR) is 147 cm³/mol. The molecular weight excluding hydrogens is 441 g/mol. The van der Waals surface area contributed by atoms with Gasteiger partial charge in [-0.3, -0.25) is 0 Å². The summed E-state index contributed by atoms with van der Waals surface area (Å²) in [6.07, 6.45) is 0.807. The molecule has 1 aromatic heterocycles. The number of hydrogen-bond donors (Lipinski definition) is 2. The summed E-state index contributed by atoms with van der Waals surface area (Å²) < 4.78 is 2.37. The molecule has 36 heavy (non-hydrogen) atoms. The highest BCUT2D eigenvalue weighted by molar-refractivity contribution is 6.59. The molecule has 7 rings (SSSR count). The van der Waals surface area contributed by atoms with E-state index in [1.54, 1.807) is 0 Å². The summed E-state index contributed by atoms with van der Waals surface area (Å²) in [5, 5.41) is 21.9. The molecule has 0 saturated heterocycles. The van der Waals surface area contributed by atoms with Crippen LogP contribution in [0.3, 0.4) is 0 Å². The maximum Gasteiger partial charge on any atom is 0.488 e. The molecule has 1 aliphatic heterocycles. The molecule has 3 nitrogen and oxygen atoms in total. The van der Waals surface area contributed by atoms with E-state index in [1.807, 2.05) is 18.2 Å². The molecule has 0 unspecified atom stereocenters. The Bertz CT molecular complexity index is 1700. The van der Waals surface area contributed by atoms with Gasteiger partial charge in [0.2, 0.25) is 0 Å². The molecule has 2 N–H and O–H groups in total. The summed E-state index contributed by atoms with van der Waals surface area (Å²) in [4.78, 5) is 0. The lowest BCUT2D eigenvalue weighted by atomic mass is 9.66. The molecule has 0 bridgehead atoms. The molecule has 5 aromatic carbocycles. The van der Waals surface area contributed by atoms with Crippen molar-refractivity contribution in [3.05, 3.63) is 144 Å². The molecule has 172 valence electrons. The Morgan fingerprint density at radius 1 is 0.639 bits per heavy atom. The Morgan fingerprint density at radius 2 is 1.31 bits per heavy atom. The summed E-state index contributed by atoms with van der Waals surface area (Å²) in [5.74, 6) is 0. The minimum Gasteiger partial charge on any atom is -0.423 e. The summed E-state index contributed by atoms with van der Waals surface area (Å²) in [6, 6.07) is 42.6. The van der Waals surface area contributed by atoms with Gasteiger partial charge in [-0.1, -0.05) is 109 Å². The predicted octanol–water partition coefficient (Wildman–Crippen LogP) is 5.35. The maximum absolute atomic E-state index is 9.86. The third-order valence-corrected chi connectivity index (χ3v) is 7.79. The highest BCUT2D eigenvalue weighted by Crippen LogP contribution is 2.49. The Morgan fingerprint density at radius 3 is 2.00 bits per heavy atom. The van der Waals surface area contributed by atoms with Crippen molar-refractivity contribution in [3.8, 4) is 5.69 Å². The van der Waals surface area contributed by atoms with Gasteiger partial charge < -0.3 is 14.6 Å². The molecular formula is C32H24BNO2. The average molecular weight is 465 g/mol. The molecule has 0 saturated carbocycles. The minimum atomic E-state index is -1.50. The highest BCUT2D eigenvalue weighted by Gasteiger charge is 2.41. The number of benzene rings is 5. The van der Waals surface area contributed by atoms with E-state index in [-0.39, 0.29) is 5.41 Å². The van der Waals surface area contributed by atoms with Crippen LogP contribution in [0.5, 0.6) is 0 Å². The van der Waals surface area contributed by atoms with Crippen LogP contribution in [-0.2, 0) is 11.8 Å². The Labute approximate surface area is 210 Å². The van der Waals surface area contributed by atoms with Gasteiger partial charge in [-0.2, -0.15) is 0 Å². The van der Waals surface area contributed by atoms with Crippen LogP contribution in [0.2, 0.25) is 0 Å². The van der Waals surface area contributed by atoms with Crippen molar-refractivity contribution in [1.29, 1.82) is 0 Å². The minimum absolute atomic E-state index is 0.375. The van der Waals surface area contributed by atoms with Crippen molar-refractivity contribution in [1.82, 2.24) is 4.57 Å². The van der Waals surface area contributed by atoms with Crippen LogP contribution < -0.4 is 5.46 Å². The van der Waals surface area contributed by atoms with Crippen molar-refractivity contribution < 1.29 is 10.0 Å². The number of para-hydroxylation sites is 2. The first-order chi connectivity index (χ1) is 17.7. The van der Waals surface area contributed by atoms with Crippen LogP contribution in [0.1, 0.15) is 22.3 Å². The first-order valence-electron chi connectivity index (χ1n) is 12.3. The van der Waals surface area contributed by atoms with Gasteiger partial charge in [0.1, 0.15) is 0 Å². The molecule has 0 atom stereocenters.